The van der Waals surface area contributed by atoms with Crippen LogP contribution in [0, 0.1) is 13.8 Å². The van der Waals surface area contributed by atoms with Crippen molar-refractivity contribution in [2.45, 2.75) is 71.7 Å². The lowest BCUT2D eigenvalue weighted by molar-refractivity contribution is -0.144. The van der Waals surface area contributed by atoms with Gasteiger partial charge in [0, 0.05) is 18.7 Å². The van der Waals surface area contributed by atoms with Gasteiger partial charge in [-0.1, -0.05) is 0 Å². The minimum atomic E-state index is -0.977. The number of rotatable bonds is 8. The Morgan fingerprint density at radius 1 is 1.17 bits per heavy atom. The van der Waals surface area contributed by atoms with Gasteiger partial charge in [-0.05, 0) is 76.9 Å². The molecule has 4 rings (SSSR count). The second kappa shape index (κ2) is 10.0. The molecule has 0 spiro atoms. The quantitative estimate of drug-likeness (QED) is 0.517. The molecule has 3 aromatic rings. The summed E-state index contributed by atoms with van der Waals surface area (Å²) in [6.07, 6.45) is 1.53. The van der Waals surface area contributed by atoms with Crippen LogP contribution < -0.4 is 5.32 Å². The van der Waals surface area contributed by atoms with Crippen LogP contribution in [-0.4, -0.2) is 61.7 Å². The molecule has 0 radical (unpaired) electrons. The first kappa shape index (κ1) is 24.6. The van der Waals surface area contributed by atoms with Crippen LogP contribution in [0.3, 0.4) is 0 Å². The summed E-state index contributed by atoms with van der Waals surface area (Å²) >= 11 is 0. The molecule has 2 amide bonds. The van der Waals surface area contributed by atoms with Gasteiger partial charge in [0.15, 0.2) is 11.8 Å². The molecule has 35 heavy (non-hydrogen) atoms. The van der Waals surface area contributed by atoms with Crippen molar-refractivity contribution >= 4 is 11.8 Å². The monoisotopic (exact) mass is 484 g/mol. The van der Waals surface area contributed by atoms with Gasteiger partial charge in [-0.15, -0.1) is 10.2 Å². The lowest BCUT2D eigenvalue weighted by atomic mass is 10.1. The molecule has 1 aliphatic rings. The molecular weight excluding hydrogens is 452 g/mol. The zero-order valence-corrected chi connectivity index (χ0v) is 20.8. The lowest BCUT2D eigenvalue weighted by Crippen LogP contribution is -2.51. The second-order valence-corrected chi connectivity index (χ2v) is 9.83. The maximum Gasteiger partial charge on any atom is 0.251 e. The van der Waals surface area contributed by atoms with Crippen molar-refractivity contribution in [1.29, 1.82) is 0 Å². The Morgan fingerprint density at radius 3 is 2.51 bits per heavy atom. The highest BCUT2D eigenvalue weighted by molar-refractivity contribution is 5.88. The topological polar surface area (TPSA) is 129 Å². The van der Waals surface area contributed by atoms with Crippen molar-refractivity contribution in [2.75, 3.05) is 13.2 Å². The molecule has 4 heterocycles. The van der Waals surface area contributed by atoms with Gasteiger partial charge in [0.05, 0.1) is 6.10 Å². The Morgan fingerprint density at radius 2 is 1.91 bits per heavy atom. The number of carbonyl (C=O) groups excluding carboxylic acids is 2. The average Bonchev–Trinajstić information content (AvgIpc) is 3.55. The van der Waals surface area contributed by atoms with Gasteiger partial charge < -0.3 is 23.8 Å². The largest absolute Gasteiger partial charge is 0.464 e. The second-order valence-electron chi connectivity index (χ2n) is 9.83. The highest BCUT2D eigenvalue weighted by Gasteiger charge is 2.37. The van der Waals surface area contributed by atoms with E-state index in [9.17, 15) is 9.59 Å². The van der Waals surface area contributed by atoms with Crippen LogP contribution in [0.15, 0.2) is 33.1 Å². The fourth-order valence-corrected chi connectivity index (χ4v) is 4.00. The van der Waals surface area contributed by atoms with Crippen molar-refractivity contribution in [3.63, 3.8) is 0 Å². The molecule has 11 nitrogen and oxygen atoms in total. The molecule has 1 fully saturated rings. The number of ether oxygens (including phenoxy) is 1. The van der Waals surface area contributed by atoms with Crippen LogP contribution >= 0.6 is 0 Å². The highest BCUT2D eigenvalue weighted by Crippen LogP contribution is 2.27. The Balaban J connectivity index is 1.62. The van der Waals surface area contributed by atoms with Crippen molar-refractivity contribution < 1.29 is 23.2 Å². The van der Waals surface area contributed by atoms with E-state index in [0.29, 0.717) is 23.9 Å². The van der Waals surface area contributed by atoms with Crippen LogP contribution in [0.2, 0.25) is 0 Å². The minimum absolute atomic E-state index is 0.176. The molecule has 0 saturated carbocycles. The maximum absolute atomic E-state index is 13.6. The molecular formula is C24H32N6O5. The highest BCUT2D eigenvalue weighted by atomic mass is 16.5. The van der Waals surface area contributed by atoms with Gasteiger partial charge in [-0.25, -0.2) is 0 Å². The SMILES string of the molecule is Cc1ccc(-c2nnn(CC(=O)N(C[C@@H]3CCCO3)[C@H](C(=O)NC(C)(C)C)c3ccc(C)o3)n2)o1. The summed E-state index contributed by atoms with van der Waals surface area (Å²) in [6.45, 7) is 9.93. The summed E-state index contributed by atoms with van der Waals surface area (Å²) in [7, 11) is 0. The van der Waals surface area contributed by atoms with E-state index in [0.717, 1.165) is 18.6 Å². The number of nitrogens with one attached hydrogen (secondary N) is 1. The van der Waals surface area contributed by atoms with E-state index < -0.39 is 11.6 Å². The fraction of sp³-hybridized carbons (Fsp3) is 0.542. The first-order chi connectivity index (χ1) is 16.6. The van der Waals surface area contributed by atoms with Crippen LogP contribution in [0.4, 0.5) is 0 Å². The van der Waals surface area contributed by atoms with E-state index >= 15 is 0 Å². The summed E-state index contributed by atoms with van der Waals surface area (Å²) in [5.74, 6) is 1.80. The number of aryl methyl sites for hydroxylation is 2. The van der Waals surface area contributed by atoms with Gasteiger partial charge in [0.1, 0.15) is 23.8 Å². The Bertz CT molecular complexity index is 1170. The molecule has 1 N–H and O–H groups in total. The third kappa shape index (κ3) is 6.16. The van der Waals surface area contributed by atoms with Gasteiger partial charge >= 0.3 is 0 Å². The normalized spacial score (nSPS) is 16.9. The average molecular weight is 485 g/mol. The number of aromatic nitrogens is 4. The smallest absolute Gasteiger partial charge is 0.251 e. The van der Waals surface area contributed by atoms with E-state index in [1.165, 1.54) is 9.70 Å². The van der Waals surface area contributed by atoms with E-state index in [1.54, 1.807) is 31.2 Å². The predicted octanol–water partition coefficient (Wildman–Crippen LogP) is 2.81. The summed E-state index contributed by atoms with van der Waals surface area (Å²) in [5.41, 5.74) is -0.501. The Kier molecular flexibility index (Phi) is 7.06. The van der Waals surface area contributed by atoms with Crippen LogP contribution in [-0.2, 0) is 20.9 Å². The van der Waals surface area contributed by atoms with E-state index in [4.69, 9.17) is 13.6 Å². The predicted molar refractivity (Wildman–Crippen MR) is 125 cm³/mol. The van der Waals surface area contributed by atoms with Gasteiger partial charge in [0.2, 0.25) is 11.7 Å². The first-order valence-electron chi connectivity index (χ1n) is 11.7. The summed E-state index contributed by atoms with van der Waals surface area (Å²) in [4.78, 5) is 29.8. The zero-order chi connectivity index (χ0) is 25.2. The van der Waals surface area contributed by atoms with Gasteiger partial charge in [0.25, 0.3) is 5.91 Å². The third-order valence-corrected chi connectivity index (χ3v) is 5.52. The van der Waals surface area contributed by atoms with Crippen molar-refractivity contribution in [3.8, 4) is 11.6 Å². The van der Waals surface area contributed by atoms with Crippen LogP contribution in [0.5, 0.6) is 0 Å². The minimum Gasteiger partial charge on any atom is -0.464 e. The molecule has 0 unspecified atom stereocenters. The number of hydrogen-bond acceptors (Lipinski definition) is 8. The van der Waals surface area contributed by atoms with E-state index in [1.807, 2.05) is 27.7 Å². The standard InChI is InChI=1S/C24H32N6O5/c1-15-8-10-18(34-15)21(23(32)25-24(3,4)5)29(13-17-7-6-12-33-17)20(31)14-30-27-22(26-28-30)19-11-9-16(2)35-19/h8-11,17,21H,6-7,12-14H2,1-5H3,(H,25,32)/t17-,21-/m0/s1. The molecule has 188 valence electrons. The molecule has 3 aromatic heterocycles. The first-order valence-corrected chi connectivity index (χ1v) is 11.7. The summed E-state index contributed by atoms with van der Waals surface area (Å²) in [6, 6.07) is 6.07. The maximum atomic E-state index is 13.6. The molecule has 0 bridgehead atoms. The van der Waals surface area contributed by atoms with E-state index in [-0.39, 0.29) is 36.8 Å². The molecule has 0 aromatic carbocycles. The molecule has 2 atom stereocenters. The fourth-order valence-electron chi connectivity index (χ4n) is 4.00. The number of hydrogen-bond donors (Lipinski definition) is 1. The summed E-state index contributed by atoms with van der Waals surface area (Å²) in [5, 5.41) is 15.3. The number of carbonyl (C=O) groups is 2. The van der Waals surface area contributed by atoms with Crippen molar-refractivity contribution in [2.24, 2.45) is 0 Å². The summed E-state index contributed by atoms with van der Waals surface area (Å²) < 4.78 is 17.2. The molecule has 11 heteroatoms. The number of furan rings is 2. The Hall–Kier alpha value is -3.47. The molecule has 1 aliphatic heterocycles. The van der Waals surface area contributed by atoms with Crippen LogP contribution in [0.25, 0.3) is 11.6 Å². The van der Waals surface area contributed by atoms with Gasteiger partial charge in [-0.2, -0.15) is 4.80 Å². The van der Waals surface area contributed by atoms with Crippen LogP contribution in [0.1, 0.15) is 56.9 Å². The van der Waals surface area contributed by atoms with Crippen molar-refractivity contribution in [3.05, 3.63) is 41.5 Å². The van der Waals surface area contributed by atoms with Crippen molar-refractivity contribution in [1.82, 2.24) is 30.4 Å². The van der Waals surface area contributed by atoms with E-state index in [2.05, 4.69) is 20.7 Å². The number of amides is 2. The molecule has 1 saturated heterocycles. The third-order valence-electron chi connectivity index (χ3n) is 5.52. The zero-order valence-electron chi connectivity index (χ0n) is 20.8. The number of tetrazole rings is 1. The van der Waals surface area contributed by atoms with Gasteiger partial charge in [-0.3, -0.25) is 9.59 Å². The Labute approximate surface area is 203 Å². The lowest BCUT2D eigenvalue weighted by Gasteiger charge is -2.33. The number of nitrogens with zero attached hydrogens (tertiary/aromatic N) is 5. The molecule has 0 aliphatic carbocycles.